The first-order chi connectivity index (χ1) is 10.2. The van der Waals surface area contributed by atoms with Gasteiger partial charge in [0.15, 0.2) is 0 Å². The predicted octanol–water partition coefficient (Wildman–Crippen LogP) is 3.10. The fraction of sp³-hybridized carbons (Fsp3) is 0.444. The molecule has 2 atom stereocenters. The van der Waals surface area contributed by atoms with E-state index in [1.807, 2.05) is 18.2 Å². The minimum absolute atomic E-state index is 0.0770. The van der Waals surface area contributed by atoms with Crippen molar-refractivity contribution in [3.8, 4) is 5.75 Å². The molecule has 0 saturated heterocycles. The Bertz CT molecular complexity index is 613. The fourth-order valence-corrected chi connectivity index (χ4v) is 3.39. The second-order valence-corrected chi connectivity index (χ2v) is 6.13. The van der Waals surface area contributed by atoms with Crippen LogP contribution in [0.2, 0.25) is 0 Å². The molecule has 1 saturated carbocycles. The van der Waals surface area contributed by atoms with Gasteiger partial charge in [0.25, 0.3) is 0 Å². The average molecular weight is 285 g/mol. The first-order valence-corrected chi connectivity index (χ1v) is 7.73. The summed E-state index contributed by atoms with van der Waals surface area (Å²) in [6, 6.07) is 14.4. The number of aliphatic hydroxyl groups excluding tert-OH is 1. The van der Waals surface area contributed by atoms with Gasteiger partial charge in [-0.2, -0.15) is 0 Å². The molecule has 3 rings (SSSR count). The third-order valence-electron chi connectivity index (χ3n) is 4.76. The van der Waals surface area contributed by atoms with Crippen molar-refractivity contribution >= 4 is 10.8 Å². The maximum absolute atomic E-state index is 9.46. The smallest absolute Gasteiger partial charge is 0.119 e. The number of benzene rings is 2. The molecular weight excluding hydrogens is 262 g/mol. The van der Waals surface area contributed by atoms with Gasteiger partial charge in [-0.3, -0.25) is 0 Å². The number of hydrogen-bond acceptors (Lipinski definition) is 3. The molecule has 1 fully saturated rings. The highest BCUT2D eigenvalue weighted by Gasteiger charge is 2.38. The van der Waals surface area contributed by atoms with Crippen LogP contribution in [0.3, 0.4) is 0 Å². The molecule has 2 unspecified atom stereocenters. The van der Waals surface area contributed by atoms with Crippen molar-refractivity contribution in [2.24, 2.45) is 11.7 Å². The maximum atomic E-state index is 9.46. The van der Waals surface area contributed by atoms with Crippen molar-refractivity contribution < 1.29 is 9.84 Å². The quantitative estimate of drug-likeness (QED) is 0.887. The Labute approximate surface area is 125 Å². The molecule has 0 bridgehead atoms. The first-order valence-electron chi connectivity index (χ1n) is 7.73. The number of hydrogen-bond donors (Lipinski definition) is 2. The van der Waals surface area contributed by atoms with Crippen molar-refractivity contribution in [2.45, 2.75) is 31.2 Å². The van der Waals surface area contributed by atoms with Crippen LogP contribution < -0.4 is 10.5 Å². The van der Waals surface area contributed by atoms with E-state index >= 15 is 0 Å². The van der Waals surface area contributed by atoms with E-state index < -0.39 is 5.54 Å². The molecule has 0 heterocycles. The number of fused-ring (bicyclic) bond motifs is 1. The molecule has 3 heteroatoms. The molecular formula is C18H23NO2. The fourth-order valence-electron chi connectivity index (χ4n) is 3.39. The van der Waals surface area contributed by atoms with Crippen LogP contribution in [-0.2, 0) is 0 Å². The zero-order valence-electron chi connectivity index (χ0n) is 12.3. The van der Waals surface area contributed by atoms with E-state index in [-0.39, 0.29) is 6.61 Å². The number of aliphatic hydroxyl groups is 1. The highest BCUT2D eigenvalue weighted by molar-refractivity contribution is 5.83. The molecule has 2 aromatic rings. The summed E-state index contributed by atoms with van der Waals surface area (Å²) in [4.78, 5) is 0. The van der Waals surface area contributed by atoms with Crippen LogP contribution in [0.25, 0.3) is 10.8 Å². The van der Waals surface area contributed by atoms with E-state index in [0.29, 0.717) is 12.5 Å². The molecule has 1 aliphatic rings. The van der Waals surface area contributed by atoms with E-state index in [1.54, 1.807) is 0 Å². The summed E-state index contributed by atoms with van der Waals surface area (Å²) >= 11 is 0. The first kappa shape index (κ1) is 14.4. The Morgan fingerprint density at radius 3 is 2.81 bits per heavy atom. The second kappa shape index (κ2) is 6.04. The molecule has 3 N–H and O–H groups in total. The van der Waals surface area contributed by atoms with Crippen LogP contribution in [0.4, 0.5) is 0 Å². The normalized spacial score (nSPS) is 25.3. The standard InChI is InChI=1S/C18H23NO2/c19-18(13-20)10-3-6-16(18)9-11-21-17-8-7-14-4-1-2-5-15(14)12-17/h1-2,4-5,7-8,12,16,20H,3,6,9-11,13,19H2. The molecule has 0 amide bonds. The van der Waals surface area contributed by atoms with Gasteiger partial charge in [-0.15, -0.1) is 0 Å². The van der Waals surface area contributed by atoms with E-state index in [9.17, 15) is 5.11 Å². The van der Waals surface area contributed by atoms with Crippen molar-refractivity contribution in [3.05, 3.63) is 42.5 Å². The number of rotatable bonds is 5. The Balaban J connectivity index is 1.59. The van der Waals surface area contributed by atoms with Crippen LogP contribution in [-0.4, -0.2) is 23.9 Å². The van der Waals surface area contributed by atoms with Gasteiger partial charge < -0.3 is 15.6 Å². The van der Waals surface area contributed by atoms with Crippen LogP contribution in [0, 0.1) is 5.92 Å². The van der Waals surface area contributed by atoms with Crippen molar-refractivity contribution in [3.63, 3.8) is 0 Å². The molecule has 21 heavy (non-hydrogen) atoms. The third kappa shape index (κ3) is 3.04. The van der Waals surface area contributed by atoms with E-state index in [0.717, 1.165) is 31.4 Å². The van der Waals surface area contributed by atoms with Crippen molar-refractivity contribution in [2.75, 3.05) is 13.2 Å². The minimum Gasteiger partial charge on any atom is -0.494 e. The summed E-state index contributed by atoms with van der Waals surface area (Å²) in [6.07, 6.45) is 4.03. The molecule has 2 aromatic carbocycles. The Hall–Kier alpha value is -1.58. The summed E-state index contributed by atoms with van der Waals surface area (Å²) in [5, 5.41) is 11.9. The zero-order chi connectivity index (χ0) is 14.7. The van der Waals surface area contributed by atoms with Crippen LogP contribution in [0.5, 0.6) is 5.75 Å². The highest BCUT2D eigenvalue weighted by atomic mass is 16.5. The lowest BCUT2D eigenvalue weighted by Crippen LogP contribution is -2.47. The Morgan fingerprint density at radius 2 is 2.00 bits per heavy atom. The summed E-state index contributed by atoms with van der Waals surface area (Å²) in [5.74, 6) is 1.27. The summed E-state index contributed by atoms with van der Waals surface area (Å²) < 4.78 is 5.88. The largest absolute Gasteiger partial charge is 0.494 e. The number of ether oxygens (including phenoxy) is 1. The molecule has 112 valence electrons. The lowest BCUT2D eigenvalue weighted by Gasteiger charge is -2.29. The van der Waals surface area contributed by atoms with Gasteiger partial charge >= 0.3 is 0 Å². The Kier molecular flexibility index (Phi) is 4.13. The molecule has 0 spiro atoms. The van der Waals surface area contributed by atoms with Crippen molar-refractivity contribution in [1.29, 1.82) is 0 Å². The average Bonchev–Trinajstić information content (AvgIpc) is 2.89. The molecule has 1 aliphatic carbocycles. The van der Waals surface area contributed by atoms with Gasteiger partial charge in [-0.1, -0.05) is 36.8 Å². The van der Waals surface area contributed by atoms with E-state index in [4.69, 9.17) is 10.5 Å². The van der Waals surface area contributed by atoms with Gasteiger partial charge in [0.1, 0.15) is 5.75 Å². The number of nitrogens with two attached hydrogens (primary N) is 1. The lowest BCUT2D eigenvalue weighted by atomic mass is 9.87. The summed E-state index contributed by atoms with van der Waals surface area (Å²) in [7, 11) is 0. The van der Waals surface area contributed by atoms with E-state index in [2.05, 4.69) is 24.3 Å². The molecule has 0 aliphatic heterocycles. The zero-order valence-corrected chi connectivity index (χ0v) is 12.3. The van der Waals surface area contributed by atoms with Crippen LogP contribution >= 0.6 is 0 Å². The minimum atomic E-state index is -0.396. The molecule has 0 aromatic heterocycles. The highest BCUT2D eigenvalue weighted by Crippen LogP contribution is 2.35. The Morgan fingerprint density at radius 1 is 1.19 bits per heavy atom. The molecule has 0 radical (unpaired) electrons. The van der Waals surface area contributed by atoms with Gasteiger partial charge in [-0.05, 0) is 48.1 Å². The predicted molar refractivity (Wildman–Crippen MR) is 85.4 cm³/mol. The van der Waals surface area contributed by atoms with Gasteiger partial charge in [0, 0.05) is 5.54 Å². The van der Waals surface area contributed by atoms with Crippen LogP contribution in [0.1, 0.15) is 25.7 Å². The lowest BCUT2D eigenvalue weighted by molar-refractivity contribution is 0.143. The maximum Gasteiger partial charge on any atom is 0.119 e. The van der Waals surface area contributed by atoms with Crippen LogP contribution in [0.15, 0.2) is 42.5 Å². The third-order valence-corrected chi connectivity index (χ3v) is 4.76. The van der Waals surface area contributed by atoms with Gasteiger partial charge in [0.2, 0.25) is 0 Å². The summed E-state index contributed by atoms with van der Waals surface area (Å²) in [5.41, 5.74) is 5.85. The SMILES string of the molecule is NC1(CO)CCCC1CCOc1ccc2ccccc2c1. The topological polar surface area (TPSA) is 55.5 Å². The van der Waals surface area contributed by atoms with Crippen molar-refractivity contribution in [1.82, 2.24) is 0 Å². The second-order valence-electron chi connectivity index (χ2n) is 6.13. The van der Waals surface area contributed by atoms with Gasteiger partial charge in [-0.25, -0.2) is 0 Å². The summed E-state index contributed by atoms with van der Waals surface area (Å²) in [6.45, 7) is 0.732. The van der Waals surface area contributed by atoms with E-state index in [1.165, 1.54) is 10.8 Å². The molecule has 3 nitrogen and oxygen atoms in total. The monoisotopic (exact) mass is 285 g/mol. The van der Waals surface area contributed by atoms with Gasteiger partial charge in [0.05, 0.1) is 13.2 Å².